The Labute approximate surface area is 75.5 Å². The first-order valence-corrected chi connectivity index (χ1v) is 4.98. The molecule has 0 aromatic rings. The van der Waals surface area contributed by atoms with E-state index in [1.165, 1.54) is 19.3 Å². The molecule has 2 N–H and O–H groups in total. The lowest BCUT2D eigenvalue weighted by Gasteiger charge is -2.36. The summed E-state index contributed by atoms with van der Waals surface area (Å²) < 4.78 is 5.16. The molecule has 1 unspecified atom stereocenters. The van der Waals surface area contributed by atoms with Crippen molar-refractivity contribution in [2.45, 2.75) is 33.1 Å². The minimum absolute atomic E-state index is 0.364. The number of hydrogen-bond donors (Lipinski definition) is 1. The van der Waals surface area contributed by atoms with E-state index in [1.807, 2.05) is 0 Å². The van der Waals surface area contributed by atoms with E-state index in [2.05, 4.69) is 13.8 Å². The van der Waals surface area contributed by atoms with Crippen LogP contribution in [0.15, 0.2) is 0 Å². The van der Waals surface area contributed by atoms with Gasteiger partial charge in [-0.25, -0.2) is 0 Å². The summed E-state index contributed by atoms with van der Waals surface area (Å²) in [6.45, 7) is 7.26. The maximum absolute atomic E-state index is 5.78. The Morgan fingerprint density at radius 3 is 2.50 bits per heavy atom. The smallest absolute Gasteiger partial charge is 0.0516 e. The molecule has 12 heavy (non-hydrogen) atoms. The second-order valence-electron chi connectivity index (χ2n) is 4.37. The Morgan fingerprint density at radius 1 is 1.50 bits per heavy atom. The van der Waals surface area contributed by atoms with Crippen molar-refractivity contribution in [1.29, 1.82) is 0 Å². The number of nitrogens with two attached hydrogens (primary N) is 1. The highest BCUT2D eigenvalue weighted by Crippen LogP contribution is 2.32. The predicted octanol–water partition coefficient (Wildman–Crippen LogP) is 1.79. The van der Waals surface area contributed by atoms with E-state index in [-0.39, 0.29) is 0 Å². The lowest BCUT2D eigenvalue weighted by Crippen LogP contribution is -2.37. The summed E-state index contributed by atoms with van der Waals surface area (Å²) in [6, 6.07) is 0. The first-order chi connectivity index (χ1) is 5.70. The molecular weight excluding hydrogens is 150 g/mol. The third kappa shape index (κ3) is 2.46. The highest BCUT2D eigenvalue weighted by molar-refractivity contribution is 4.80. The second kappa shape index (κ2) is 4.24. The van der Waals surface area contributed by atoms with Crippen LogP contribution in [-0.2, 0) is 4.74 Å². The molecule has 1 fully saturated rings. The largest absolute Gasteiger partial charge is 0.381 e. The van der Waals surface area contributed by atoms with Gasteiger partial charge in [-0.2, -0.15) is 0 Å². The van der Waals surface area contributed by atoms with Crippen LogP contribution in [0.1, 0.15) is 33.1 Å². The summed E-state index contributed by atoms with van der Waals surface area (Å²) >= 11 is 0. The Balaban J connectivity index is 2.30. The topological polar surface area (TPSA) is 35.2 Å². The van der Waals surface area contributed by atoms with Crippen LogP contribution in [0.5, 0.6) is 0 Å². The van der Waals surface area contributed by atoms with Crippen molar-refractivity contribution < 1.29 is 4.74 Å². The molecule has 0 saturated carbocycles. The first-order valence-electron chi connectivity index (χ1n) is 4.98. The Kier molecular flexibility index (Phi) is 3.53. The van der Waals surface area contributed by atoms with Gasteiger partial charge in [-0.05, 0) is 24.8 Å². The number of rotatable bonds is 5. The van der Waals surface area contributed by atoms with E-state index in [4.69, 9.17) is 10.5 Å². The predicted molar refractivity (Wildman–Crippen MR) is 51.0 cm³/mol. The molecule has 0 aromatic carbocycles. The molecule has 0 amide bonds. The zero-order chi connectivity index (χ0) is 9.03. The van der Waals surface area contributed by atoms with Crippen LogP contribution in [0.4, 0.5) is 0 Å². The average molecular weight is 171 g/mol. The van der Waals surface area contributed by atoms with E-state index < -0.39 is 0 Å². The fourth-order valence-corrected chi connectivity index (χ4v) is 1.99. The van der Waals surface area contributed by atoms with Crippen molar-refractivity contribution >= 4 is 0 Å². The van der Waals surface area contributed by atoms with Crippen LogP contribution in [0, 0.1) is 11.3 Å². The number of hydrogen-bond acceptors (Lipinski definition) is 2. The fourth-order valence-electron chi connectivity index (χ4n) is 1.99. The van der Waals surface area contributed by atoms with Gasteiger partial charge in [0.15, 0.2) is 0 Å². The van der Waals surface area contributed by atoms with Gasteiger partial charge >= 0.3 is 0 Å². The zero-order valence-electron chi connectivity index (χ0n) is 8.31. The highest BCUT2D eigenvalue weighted by Gasteiger charge is 2.29. The molecular formula is C10H21NO. The van der Waals surface area contributed by atoms with Crippen LogP contribution in [0.25, 0.3) is 0 Å². The monoisotopic (exact) mass is 171 g/mol. The lowest BCUT2D eigenvalue weighted by molar-refractivity contribution is -0.0525. The maximum atomic E-state index is 5.78. The minimum atomic E-state index is 0.364. The molecule has 1 saturated heterocycles. The Morgan fingerprint density at radius 2 is 2.17 bits per heavy atom. The van der Waals surface area contributed by atoms with Crippen LogP contribution in [-0.4, -0.2) is 19.8 Å². The fraction of sp³-hybridized carbons (Fsp3) is 1.00. The number of ether oxygens (including phenoxy) is 1. The van der Waals surface area contributed by atoms with Crippen molar-refractivity contribution in [3.63, 3.8) is 0 Å². The molecule has 2 heteroatoms. The molecule has 0 aromatic heterocycles. The standard InChI is InChI=1S/C10H21NO/c1-3-4-10(2,8-11)5-9-6-12-7-9/h9H,3-8,11H2,1-2H3. The van der Waals surface area contributed by atoms with Crippen LogP contribution in [0.2, 0.25) is 0 Å². The van der Waals surface area contributed by atoms with Crippen molar-refractivity contribution in [3.8, 4) is 0 Å². The molecule has 0 spiro atoms. The first kappa shape index (κ1) is 10.0. The molecule has 2 nitrogen and oxygen atoms in total. The van der Waals surface area contributed by atoms with Gasteiger partial charge in [0.1, 0.15) is 0 Å². The molecule has 1 aliphatic heterocycles. The van der Waals surface area contributed by atoms with Crippen molar-refractivity contribution in [3.05, 3.63) is 0 Å². The minimum Gasteiger partial charge on any atom is -0.381 e. The molecule has 1 aliphatic rings. The van der Waals surface area contributed by atoms with E-state index in [0.29, 0.717) is 5.41 Å². The van der Waals surface area contributed by atoms with E-state index in [1.54, 1.807) is 0 Å². The summed E-state index contributed by atoms with van der Waals surface area (Å²) in [5, 5.41) is 0. The second-order valence-corrected chi connectivity index (χ2v) is 4.37. The van der Waals surface area contributed by atoms with Crippen molar-refractivity contribution in [2.75, 3.05) is 19.8 Å². The van der Waals surface area contributed by atoms with Crippen LogP contribution >= 0.6 is 0 Å². The summed E-state index contributed by atoms with van der Waals surface area (Å²) in [6.07, 6.45) is 3.73. The molecule has 1 atom stereocenters. The molecule has 0 bridgehead atoms. The SMILES string of the molecule is CCCC(C)(CN)CC1COC1. The summed E-state index contributed by atoms with van der Waals surface area (Å²) in [7, 11) is 0. The Hall–Kier alpha value is -0.0800. The third-order valence-corrected chi connectivity index (χ3v) is 2.83. The molecule has 1 heterocycles. The molecule has 72 valence electrons. The quantitative estimate of drug-likeness (QED) is 0.684. The van der Waals surface area contributed by atoms with Crippen molar-refractivity contribution in [1.82, 2.24) is 0 Å². The molecule has 0 aliphatic carbocycles. The van der Waals surface area contributed by atoms with Gasteiger partial charge in [0.2, 0.25) is 0 Å². The van der Waals surface area contributed by atoms with Crippen molar-refractivity contribution in [2.24, 2.45) is 17.1 Å². The summed E-state index contributed by atoms with van der Waals surface area (Å²) in [5.74, 6) is 0.782. The maximum Gasteiger partial charge on any atom is 0.0516 e. The average Bonchev–Trinajstić information content (AvgIpc) is 1.98. The van der Waals surface area contributed by atoms with Gasteiger partial charge in [-0.3, -0.25) is 0 Å². The van der Waals surface area contributed by atoms with E-state index in [9.17, 15) is 0 Å². The Bertz CT molecular complexity index is 134. The molecule has 1 rings (SSSR count). The van der Waals surface area contributed by atoms with Gasteiger partial charge in [-0.15, -0.1) is 0 Å². The van der Waals surface area contributed by atoms with Gasteiger partial charge in [0.25, 0.3) is 0 Å². The zero-order valence-corrected chi connectivity index (χ0v) is 8.31. The van der Waals surface area contributed by atoms with Crippen LogP contribution in [0.3, 0.4) is 0 Å². The van der Waals surface area contributed by atoms with Gasteiger partial charge < -0.3 is 10.5 Å². The summed E-state index contributed by atoms with van der Waals surface area (Å²) in [4.78, 5) is 0. The summed E-state index contributed by atoms with van der Waals surface area (Å²) in [5.41, 5.74) is 6.14. The third-order valence-electron chi connectivity index (χ3n) is 2.83. The van der Waals surface area contributed by atoms with E-state index in [0.717, 1.165) is 25.7 Å². The lowest BCUT2D eigenvalue weighted by atomic mass is 9.77. The van der Waals surface area contributed by atoms with Gasteiger partial charge in [0.05, 0.1) is 13.2 Å². The van der Waals surface area contributed by atoms with Crippen LogP contribution < -0.4 is 5.73 Å². The highest BCUT2D eigenvalue weighted by atomic mass is 16.5. The van der Waals surface area contributed by atoms with E-state index >= 15 is 0 Å². The van der Waals surface area contributed by atoms with Gasteiger partial charge in [-0.1, -0.05) is 20.3 Å². The normalized spacial score (nSPS) is 23.2. The van der Waals surface area contributed by atoms with Gasteiger partial charge in [0, 0.05) is 5.92 Å². The molecule has 0 radical (unpaired) electrons.